The fourth-order valence-electron chi connectivity index (χ4n) is 11.1. The van der Waals surface area contributed by atoms with Gasteiger partial charge in [-0.3, -0.25) is 0 Å². The van der Waals surface area contributed by atoms with E-state index in [0.29, 0.717) is 17.5 Å². The summed E-state index contributed by atoms with van der Waals surface area (Å²) in [5.74, 6) is 1.60. The second kappa shape index (κ2) is 14.0. The van der Waals surface area contributed by atoms with Crippen LogP contribution in [0, 0.1) is 0 Å². The van der Waals surface area contributed by atoms with Gasteiger partial charge in [0, 0.05) is 76.6 Å². The lowest BCUT2D eigenvalue weighted by atomic mass is 10.0. The highest BCUT2D eigenvalue weighted by Gasteiger charge is 2.25. The highest BCUT2D eigenvalue weighted by atomic mass is 16.3. The lowest BCUT2D eigenvalue weighted by molar-refractivity contribution is 0.668. The molecule has 16 aromatic rings. The van der Waals surface area contributed by atoms with Gasteiger partial charge in [0.1, 0.15) is 33.5 Å². The molecule has 11 aromatic carbocycles. The Morgan fingerprint density at radius 2 is 0.814 bits per heavy atom. The second-order valence-corrected chi connectivity index (χ2v) is 18.3. The van der Waals surface area contributed by atoms with Crippen LogP contribution < -0.4 is 0 Å². The van der Waals surface area contributed by atoms with Crippen molar-refractivity contribution in [2.24, 2.45) is 0 Å². The molecule has 0 saturated heterocycles. The lowest BCUT2D eigenvalue weighted by Gasteiger charge is -2.16. The number of fused-ring (bicyclic) bond motifs is 17. The average molecular weight is 895 g/mol. The number of aromatic nitrogens is 4. The summed E-state index contributed by atoms with van der Waals surface area (Å²) in [6, 6.07) is 72.2. The fourth-order valence-corrected chi connectivity index (χ4v) is 11.1. The molecule has 0 spiro atoms. The Morgan fingerprint density at radius 1 is 0.300 bits per heavy atom. The van der Waals surface area contributed by atoms with Gasteiger partial charge < -0.3 is 17.8 Å². The van der Waals surface area contributed by atoms with Crippen LogP contribution in [0.4, 0.5) is 0 Å². The minimum Gasteiger partial charge on any atom is -0.456 e. The number of hydrogen-bond acceptors (Lipinski definition) is 6. The van der Waals surface area contributed by atoms with E-state index in [-0.39, 0.29) is 0 Å². The smallest absolute Gasteiger partial charge is 0.166 e. The molecule has 0 unspecified atom stereocenters. The van der Waals surface area contributed by atoms with Crippen molar-refractivity contribution in [3.05, 3.63) is 206 Å². The van der Waals surface area contributed by atoms with Gasteiger partial charge in [-0.05, 0) is 94.3 Å². The van der Waals surface area contributed by atoms with Crippen molar-refractivity contribution in [3.63, 3.8) is 0 Å². The summed E-state index contributed by atoms with van der Waals surface area (Å²) in [4.78, 5) is 16.4. The van der Waals surface area contributed by atoms with E-state index in [0.717, 1.165) is 137 Å². The van der Waals surface area contributed by atoms with Crippen LogP contribution in [0.15, 0.2) is 220 Å². The predicted octanol–water partition coefficient (Wildman–Crippen LogP) is 17.1. The van der Waals surface area contributed by atoms with Crippen LogP contribution in [0.1, 0.15) is 0 Å². The quantitative estimate of drug-likeness (QED) is 0.175. The molecule has 0 atom stereocenters. The number of hydrogen-bond donors (Lipinski definition) is 0. The molecule has 324 valence electrons. The van der Waals surface area contributed by atoms with Crippen LogP contribution >= 0.6 is 0 Å². The van der Waals surface area contributed by atoms with E-state index in [9.17, 15) is 0 Å². The standard InChI is InChI=1S/C63H34N4O3/c1-2-14-38-32-52-47(29-37(38)13-1)45-25-21-35-11-3-5-15-41(35)59(45)67(52)53-34-58-50(46-26-22-36-12-4-6-16-42(36)60(46)70-58)33-51(53)63-65-61(39-23-27-56-48(30-39)43-17-7-9-19-54(43)68-56)64-62(66-63)40-24-28-57-49(31-40)44-18-8-10-20-55(44)69-57/h1-34H. The Hall–Kier alpha value is -9.59. The highest BCUT2D eigenvalue weighted by molar-refractivity contribution is 6.22. The maximum atomic E-state index is 7.02. The van der Waals surface area contributed by atoms with E-state index in [1.165, 1.54) is 5.39 Å². The molecule has 0 aliphatic carbocycles. The van der Waals surface area contributed by atoms with E-state index in [2.05, 4.69) is 150 Å². The van der Waals surface area contributed by atoms with Crippen molar-refractivity contribution in [1.29, 1.82) is 0 Å². The topological polar surface area (TPSA) is 83.0 Å². The van der Waals surface area contributed by atoms with Gasteiger partial charge in [0.05, 0.1) is 16.7 Å². The summed E-state index contributed by atoms with van der Waals surface area (Å²) in [7, 11) is 0. The molecular formula is C63H34N4O3. The van der Waals surface area contributed by atoms with Gasteiger partial charge in [0.15, 0.2) is 17.5 Å². The van der Waals surface area contributed by atoms with E-state index in [1.54, 1.807) is 0 Å². The predicted molar refractivity (Wildman–Crippen MR) is 285 cm³/mol. The fraction of sp³-hybridized carbons (Fsp3) is 0. The normalized spacial score (nSPS) is 12.3. The monoisotopic (exact) mass is 894 g/mol. The van der Waals surface area contributed by atoms with Gasteiger partial charge in [-0.2, -0.15) is 0 Å². The first-order chi connectivity index (χ1) is 34.6. The average Bonchev–Trinajstić information content (AvgIpc) is 4.18. The van der Waals surface area contributed by atoms with Crippen molar-refractivity contribution in [3.8, 4) is 39.9 Å². The summed E-state index contributed by atoms with van der Waals surface area (Å²) in [6.45, 7) is 0. The van der Waals surface area contributed by atoms with Gasteiger partial charge in [-0.15, -0.1) is 0 Å². The summed E-state index contributed by atoms with van der Waals surface area (Å²) in [6.07, 6.45) is 0. The Bertz CT molecular complexity index is 4780. The third kappa shape index (κ3) is 5.37. The summed E-state index contributed by atoms with van der Waals surface area (Å²) >= 11 is 0. The lowest BCUT2D eigenvalue weighted by Crippen LogP contribution is -2.04. The molecule has 0 fully saturated rings. The first-order valence-corrected chi connectivity index (χ1v) is 23.5. The third-order valence-corrected chi connectivity index (χ3v) is 14.4. The third-order valence-electron chi connectivity index (χ3n) is 14.4. The van der Waals surface area contributed by atoms with Gasteiger partial charge in [0.2, 0.25) is 0 Å². The molecule has 0 saturated carbocycles. The Morgan fingerprint density at radius 3 is 1.49 bits per heavy atom. The SMILES string of the molecule is c1ccc2cc3c(cc2c1)c1ccc2ccccc2c1n3-c1cc2oc3c4ccccc4ccc3c2cc1-c1nc(-c2ccc3oc4ccccc4c3c2)nc(-c2ccc3oc4ccccc4c3c2)n1. The molecule has 5 aromatic heterocycles. The molecule has 16 rings (SSSR count). The van der Waals surface area contributed by atoms with Crippen LogP contribution in [0.25, 0.3) is 160 Å². The molecule has 7 nitrogen and oxygen atoms in total. The molecule has 0 radical (unpaired) electrons. The molecule has 7 heteroatoms. The zero-order chi connectivity index (χ0) is 45.6. The first-order valence-electron chi connectivity index (χ1n) is 23.5. The van der Waals surface area contributed by atoms with Gasteiger partial charge in [-0.25, -0.2) is 15.0 Å². The van der Waals surface area contributed by atoms with Crippen molar-refractivity contribution >= 4 is 120 Å². The number of nitrogens with zero attached hydrogens (tertiary/aromatic N) is 4. The van der Waals surface area contributed by atoms with Crippen molar-refractivity contribution in [1.82, 2.24) is 19.5 Å². The Labute approximate surface area is 397 Å². The van der Waals surface area contributed by atoms with Gasteiger partial charge in [-0.1, -0.05) is 127 Å². The zero-order valence-corrected chi connectivity index (χ0v) is 37.1. The van der Waals surface area contributed by atoms with Crippen LogP contribution in [-0.2, 0) is 0 Å². The molecule has 5 heterocycles. The number of rotatable bonds is 4. The summed E-state index contributed by atoms with van der Waals surface area (Å²) in [5.41, 5.74) is 10.4. The molecule has 0 aliphatic rings. The second-order valence-electron chi connectivity index (χ2n) is 18.3. The molecule has 70 heavy (non-hydrogen) atoms. The van der Waals surface area contributed by atoms with Crippen LogP contribution in [-0.4, -0.2) is 19.5 Å². The van der Waals surface area contributed by atoms with E-state index in [4.69, 9.17) is 28.2 Å². The van der Waals surface area contributed by atoms with Crippen molar-refractivity contribution in [2.75, 3.05) is 0 Å². The molecule has 0 amide bonds. The van der Waals surface area contributed by atoms with E-state index < -0.39 is 0 Å². The number of para-hydroxylation sites is 2. The zero-order valence-electron chi connectivity index (χ0n) is 37.1. The van der Waals surface area contributed by atoms with Gasteiger partial charge >= 0.3 is 0 Å². The summed E-state index contributed by atoms with van der Waals surface area (Å²) in [5, 5.41) is 15.1. The summed E-state index contributed by atoms with van der Waals surface area (Å²) < 4.78 is 22.0. The van der Waals surface area contributed by atoms with Crippen molar-refractivity contribution < 1.29 is 13.3 Å². The Balaban J connectivity index is 1.05. The van der Waals surface area contributed by atoms with Gasteiger partial charge in [0.25, 0.3) is 0 Å². The molecule has 0 aliphatic heterocycles. The van der Waals surface area contributed by atoms with Crippen molar-refractivity contribution in [2.45, 2.75) is 0 Å². The van der Waals surface area contributed by atoms with Crippen LogP contribution in [0.5, 0.6) is 0 Å². The maximum absolute atomic E-state index is 7.02. The van der Waals surface area contributed by atoms with E-state index in [1.807, 2.05) is 60.7 Å². The number of furan rings is 3. The number of benzene rings is 11. The van der Waals surface area contributed by atoms with E-state index >= 15 is 0 Å². The minimum atomic E-state index is 0.525. The molecule has 0 N–H and O–H groups in total. The Kier molecular flexibility index (Phi) is 7.49. The van der Waals surface area contributed by atoms with Crippen LogP contribution in [0.2, 0.25) is 0 Å². The maximum Gasteiger partial charge on any atom is 0.166 e. The molecular weight excluding hydrogens is 861 g/mol. The highest BCUT2D eigenvalue weighted by Crippen LogP contribution is 2.45. The van der Waals surface area contributed by atoms with Crippen LogP contribution in [0.3, 0.4) is 0 Å². The first kappa shape index (κ1) is 37.5. The minimum absolute atomic E-state index is 0.525. The largest absolute Gasteiger partial charge is 0.456 e. The molecule has 0 bridgehead atoms.